The minimum Gasteiger partial charge on any atom is -0.414 e. The fourth-order valence-corrected chi connectivity index (χ4v) is 2.82. The zero-order chi connectivity index (χ0) is 18.5. The van der Waals surface area contributed by atoms with Gasteiger partial charge in [0.2, 0.25) is 5.91 Å². The summed E-state index contributed by atoms with van der Waals surface area (Å²) < 4.78 is 10.9. The summed E-state index contributed by atoms with van der Waals surface area (Å²) in [6.07, 6.45) is 5.82. The van der Waals surface area contributed by atoms with Crippen molar-refractivity contribution in [3.63, 3.8) is 0 Å². The molecule has 1 aliphatic heterocycles. The van der Waals surface area contributed by atoms with Gasteiger partial charge < -0.3 is 19.6 Å². The van der Waals surface area contributed by atoms with Gasteiger partial charge in [-0.05, 0) is 43.2 Å². The zero-order valence-corrected chi connectivity index (χ0v) is 15.3. The lowest BCUT2D eigenvalue weighted by Crippen LogP contribution is -2.31. The Bertz CT molecular complexity index is 542. The molecule has 1 aliphatic rings. The molecular formula is C20H30N2O4. The van der Waals surface area contributed by atoms with Crippen molar-refractivity contribution in [3.05, 3.63) is 47.7 Å². The number of benzene rings is 1. The molecule has 0 saturated carbocycles. The number of nitrogens with two attached hydrogens (primary N) is 1. The molecule has 1 heterocycles. The molecule has 0 bridgehead atoms. The van der Waals surface area contributed by atoms with Gasteiger partial charge in [-0.3, -0.25) is 4.79 Å². The first-order chi connectivity index (χ1) is 12.8. The number of carbonyl (C=O) groups is 1. The van der Waals surface area contributed by atoms with Crippen LogP contribution in [0.2, 0.25) is 0 Å². The number of nitrogens with one attached hydrogen (secondary N) is 1. The third-order valence-electron chi connectivity index (χ3n) is 4.44. The maximum absolute atomic E-state index is 11.9. The van der Waals surface area contributed by atoms with E-state index in [1.807, 2.05) is 18.2 Å². The zero-order valence-electron chi connectivity index (χ0n) is 15.3. The van der Waals surface area contributed by atoms with Crippen molar-refractivity contribution in [2.24, 2.45) is 11.8 Å². The predicted molar refractivity (Wildman–Crippen MR) is 100 cm³/mol. The number of hydrogen-bond donors (Lipinski definition) is 2. The van der Waals surface area contributed by atoms with Gasteiger partial charge in [0, 0.05) is 32.8 Å². The largest absolute Gasteiger partial charge is 0.414 e. The molecule has 0 spiro atoms. The molecule has 0 radical (unpaired) electrons. The van der Waals surface area contributed by atoms with Crippen LogP contribution >= 0.6 is 0 Å². The third-order valence-corrected chi connectivity index (χ3v) is 4.44. The van der Waals surface area contributed by atoms with E-state index in [2.05, 4.69) is 17.4 Å². The average Bonchev–Trinajstić information content (AvgIpc) is 2.70. The fourth-order valence-electron chi connectivity index (χ4n) is 2.82. The number of carbonyl (C=O) groups excluding carboxylic acids is 1. The Hall–Kier alpha value is -1.89. The SMILES string of the molecule is NO/C(=C\CC(=O)NCC1CCOCC1)COCCCc1ccccc1. The van der Waals surface area contributed by atoms with Gasteiger partial charge in [0.25, 0.3) is 0 Å². The number of aryl methyl sites for hydroxylation is 1. The lowest BCUT2D eigenvalue weighted by molar-refractivity contribution is -0.120. The van der Waals surface area contributed by atoms with E-state index < -0.39 is 0 Å². The van der Waals surface area contributed by atoms with Crippen molar-refractivity contribution < 1.29 is 19.1 Å². The molecule has 1 aromatic rings. The lowest BCUT2D eigenvalue weighted by atomic mass is 10.0. The number of ether oxygens (including phenoxy) is 2. The van der Waals surface area contributed by atoms with E-state index in [0.717, 1.165) is 38.9 Å². The number of amides is 1. The molecule has 1 aromatic carbocycles. The van der Waals surface area contributed by atoms with Crippen LogP contribution in [0.15, 0.2) is 42.2 Å². The minimum atomic E-state index is -0.0323. The van der Waals surface area contributed by atoms with Crippen molar-refractivity contribution in [2.45, 2.75) is 32.1 Å². The Kier molecular flexibility index (Phi) is 9.79. The van der Waals surface area contributed by atoms with Crippen LogP contribution in [0.5, 0.6) is 0 Å². The first-order valence-corrected chi connectivity index (χ1v) is 9.30. The van der Waals surface area contributed by atoms with Gasteiger partial charge >= 0.3 is 0 Å². The van der Waals surface area contributed by atoms with Gasteiger partial charge in [0.15, 0.2) is 0 Å². The van der Waals surface area contributed by atoms with Crippen LogP contribution in [-0.2, 0) is 25.5 Å². The van der Waals surface area contributed by atoms with E-state index in [1.165, 1.54) is 5.56 Å². The van der Waals surface area contributed by atoms with Gasteiger partial charge in [-0.1, -0.05) is 30.3 Å². The fraction of sp³-hybridized carbons (Fsp3) is 0.550. The van der Waals surface area contributed by atoms with E-state index in [0.29, 0.717) is 24.8 Å². The molecule has 3 N–H and O–H groups in total. The number of hydrogen-bond acceptors (Lipinski definition) is 5. The summed E-state index contributed by atoms with van der Waals surface area (Å²) in [5.41, 5.74) is 1.29. The first kappa shape index (κ1) is 20.4. The molecule has 6 heteroatoms. The molecule has 0 aliphatic carbocycles. The van der Waals surface area contributed by atoms with Crippen LogP contribution < -0.4 is 11.2 Å². The summed E-state index contributed by atoms with van der Waals surface area (Å²) in [5, 5.41) is 2.95. The van der Waals surface area contributed by atoms with Crippen LogP contribution in [0.4, 0.5) is 0 Å². The maximum atomic E-state index is 11.9. The molecule has 0 atom stereocenters. The van der Waals surface area contributed by atoms with Crippen molar-refractivity contribution in [3.8, 4) is 0 Å². The average molecular weight is 362 g/mol. The molecule has 1 amide bonds. The van der Waals surface area contributed by atoms with E-state index >= 15 is 0 Å². The Morgan fingerprint density at radius 2 is 2.04 bits per heavy atom. The Morgan fingerprint density at radius 1 is 1.27 bits per heavy atom. The smallest absolute Gasteiger partial charge is 0.223 e. The normalized spacial score (nSPS) is 15.7. The van der Waals surface area contributed by atoms with Crippen LogP contribution in [-0.4, -0.2) is 38.9 Å². The maximum Gasteiger partial charge on any atom is 0.223 e. The Morgan fingerprint density at radius 3 is 2.77 bits per heavy atom. The predicted octanol–water partition coefficient (Wildman–Crippen LogP) is 2.34. The van der Waals surface area contributed by atoms with Crippen LogP contribution in [0, 0.1) is 5.92 Å². The van der Waals surface area contributed by atoms with Crippen molar-refractivity contribution in [1.82, 2.24) is 5.32 Å². The highest BCUT2D eigenvalue weighted by atomic mass is 16.6. The number of rotatable bonds is 11. The summed E-state index contributed by atoms with van der Waals surface area (Å²) in [5.74, 6) is 6.22. The van der Waals surface area contributed by atoms with Crippen LogP contribution in [0.25, 0.3) is 0 Å². The molecule has 0 aromatic heterocycles. The van der Waals surface area contributed by atoms with Crippen molar-refractivity contribution >= 4 is 5.91 Å². The monoisotopic (exact) mass is 362 g/mol. The molecule has 6 nitrogen and oxygen atoms in total. The van der Waals surface area contributed by atoms with Crippen LogP contribution in [0.3, 0.4) is 0 Å². The highest BCUT2D eigenvalue weighted by Gasteiger charge is 2.14. The summed E-state index contributed by atoms with van der Waals surface area (Å²) >= 11 is 0. The Balaban J connectivity index is 1.56. The topological polar surface area (TPSA) is 82.8 Å². The summed E-state index contributed by atoms with van der Waals surface area (Å²) in [4.78, 5) is 16.7. The molecule has 144 valence electrons. The standard InChI is InChI=1S/C20H30N2O4/c21-26-19(16-25-12-4-7-17-5-2-1-3-6-17)8-9-20(23)22-15-18-10-13-24-14-11-18/h1-3,5-6,8,18H,4,7,9-16,21H2,(H,22,23)/b19-8-. The van der Waals surface area contributed by atoms with Gasteiger partial charge in [0.1, 0.15) is 12.4 Å². The van der Waals surface area contributed by atoms with Gasteiger partial charge in [-0.15, -0.1) is 0 Å². The highest BCUT2D eigenvalue weighted by Crippen LogP contribution is 2.13. The molecule has 1 fully saturated rings. The van der Waals surface area contributed by atoms with Crippen LogP contribution in [0.1, 0.15) is 31.2 Å². The quantitative estimate of drug-likeness (QED) is 0.359. The van der Waals surface area contributed by atoms with E-state index in [-0.39, 0.29) is 18.9 Å². The molecule has 26 heavy (non-hydrogen) atoms. The second-order valence-corrected chi connectivity index (χ2v) is 6.49. The van der Waals surface area contributed by atoms with Crippen molar-refractivity contribution in [1.29, 1.82) is 0 Å². The molecule has 0 unspecified atom stereocenters. The van der Waals surface area contributed by atoms with Crippen molar-refractivity contribution in [2.75, 3.05) is 33.0 Å². The highest BCUT2D eigenvalue weighted by molar-refractivity contribution is 5.77. The molecule has 2 rings (SSSR count). The lowest BCUT2D eigenvalue weighted by Gasteiger charge is -2.22. The molecular weight excluding hydrogens is 332 g/mol. The van der Waals surface area contributed by atoms with E-state index in [4.69, 9.17) is 20.2 Å². The summed E-state index contributed by atoms with van der Waals surface area (Å²) in [6, 6.07) is 10.3. The Labute approximate surface area is 155 Å². The third kappa shape index (κ3) is 8.47. The van der Waals surface area contributed by atoms with Gasteiger partial charge in [-0.2, -0.15) is 5.90 Å². The van der Waals surface area contributed by atoms with E-state index in [1.54, 1.807) is 6.08 Å². The van der Waals surface area contributed by atoms with E-state index in [9.17, 15) is 4.79 Å². The van der Waals surface area contributed by atoms with Gasteiger partial charge in [-0.25, -0.2) is 0 Å². The van der Waals surface area contributed by atoms with Gasteiger partial charge in [0.05, 0.1) is 0 Å². The first-order valence-electron chi connectivity index (χ1n) is 9.30. The summed E-state index contributed by atoms with van der Waals surface area (Å²) in [7, 11) is 0. The minimum absolute atomic E-state index is 0.0323. The summed E-state index contributed by atoms with van der Waals surface area (Å²) in [6.45, 7) is 3.16. The molecule has 1 saturated heterocycles. The second kappa shape index (κ2) is 12.5. The second-order valence-electron chi connectivity index (χ2n) is 6.49.